The van der Waals surface area contributed by atoms with Gasteiger partial charge in [0.25, 0.3) is 17.7 Å². The predicted octanol–water partition coefficient (Wildman–Crippen LogP) is 7.00. The second kappa shape index (κ2) is 48.2. The Kier molecular flexibility index (Phi) is 40.6. The largest absolute Gasteiger partial charge is 0.508 e. The van der Waals surface area contributed by atoms with Gasteiger partial charge >= 0.3 is 18.2 Å². The molecule has 4 rings (SSSR count). The van der Waals surface area contributed by atoms with Gasteiger partial charge in [0, 0.05) is 93.3 Å². The van der Waals surface area contributed by atoms with Crippen molar-refractivity contribution >= 4 is 82.5 Å². The Morgan fingerprint density at radius 1 is 0.660 bits per heavy atom. The number of nitrogens with one attached hydrogen (secondary N) is 8. The lowest BCUT2D eigenvalue weighted by molar-refractivity contribution is -0.138. The van der Waals surface area contributed by atoms with Crippen LogP contribution in [0.25, 0.3) is 0 Å². The van der Waals surface area contributed by atoms with Crippen LogP contribution in [0, 0.1) is 23.7 Å². The monoisotopic (exact) mass is 1460 g/mol. The quantitative estimate of drug-likeness (QED) is 0.0154. The van der Waals surface area contributed by atoms with E-state index >= 15 is 0 Å². The minimum Gasteiger partial charge on any atom is -0.508 e. The number of phenols is 1. The molecule has 1 aliphatic heterocycles. The predicted molar refractivity (Wildman–Crippen MR) is 385 cm³/mol. The summed E-state index contributed by atoms with van der Waals surface area (Å²) in [5.74, 6) is -3.69. The number of amides is 12. The second-order valence-corrected chi connectivity index (χ2v) is 26.9. The van der Waals surface area contributed by atoms with Gasteiger partial charge in [-0.2, -0.15) is 0 Å². The number of anilines is 1. The fraction of sp³-hybridized carbons (Fsp3) is 0.611. The van der Waals surface area contributed by atoms with Crippen LogP contribution in [-0.2, 0) is 75.0 Å². The lowest BCUT2D eigenvalue weighted by Gasteiger charge is -2.37. The summed E-state index contributed by atoms with van der Waals surface area (Å²) in [7, 11) is 0. The Bertz CT molecular complexity index is 3150. The summed E-state index contributed by atoms with van der Waals surface area (Å²) in [6, 6.07) is 9.55. The Labute approximate surface area is 608 Å². The third-order valence-electron chi connectivity index (χ3n) is 16.7. The third kappa shape index (κ3) is 33.9. The smallest absolute Gasteiger partial charge is 0.426 e. The lowest BCUT2D eigenvalue weighted by atomic mass is 9.94. The third-order valence-corrected chi connectivity index (χ3v) is 17.6. The number of hydrazine groups is 1. The fourth-order valence-corrected chi connectivity index (χ4v) is 11.6. The zero-order valence-corrected chi connectivity index (χ0v) is 62.0. The number of unbranched alkanes of at least 4 members (excludes halogenated alkanes) is 2. The van der Waals surface area contributed by atoms with Crippen molar-refractivity contribution in [2.24, 2.45) is 29.4 Å². The molecule has 103 heavy (non-hydrogen) atoms. The summed E-state index contributed by atoms with van der Waals surface area (Å²) in [5, 5.41) is 28.6. The number of hydrogen-bond acceptors (Lipinski definition) is 20. The number of carbonyl (C=O) groups is 11. The molecule has 12 amide bonds. The lowest BCUT2D eigenvalue weighted by Crippen LogP contribution is -2.54. The molecule has 11 N–H and O–H groups in total. The molecule has 7 atom stereocenters. The Morgan fingerprint density at radius 3 is 1.95 bits per heavy atom. The molecule has 0 bridgehead atoms. The number of aromatic nitrogens is 1. The molecule has 0 unspecified atom stereocenters. The maximum Gasteiger partial charge on any atom is 0.426 e. The van der Waals surface area contributed by atoms with Crippen LogP contribution in [0.2, 0.25) is 0 Å². The first-order valence-corrected chi connectivity index (χ1v) is 36.6. The van der Waals surface area contributed by atoms with Gasteiger partial charge < -0.3 is 76.1 Å². The van der Waals surface area contributed by atoms with E-state index in [4.69, 9.17) is 39.1 Å². The number of nitrogens with zero attached hydrogens (tertiary/aromatic N) is 3. The summed E-state index contributed by atoms with van der Waals surface area (Å²) in [4.78, 5) is 149. The van der Waals surface area contributed by atoms with Crippen LogP contribution in [0.3, 0.4) is 0 Å². The number of imide groups is 1. The molecule has 2 heterocycles. The number of carbonyl (C=O) groups excluding carboxylic acids is 11. The molecule has 0 saturated heterocycles. The van der Waals surface area contributed by atoms with E-state index in [0.717, 1.165) is 29.7 Å². The molecule has 0 aliphatic carbocycles. The van der Waals surface area contributed by atoms with Crippen LogP contribution in [0.1, 0.15) is 172 Å². The van der Waals surface area contributed by atoms with Crippen molar-refractivity contribution in [2.45, 2.75) is 183 Å². The second-order valence-electron chi connectivity index (χ2n) is 26.0. The van der Waals surface area contributed by atoms with Gasteiger partial charge in [-0.05, 0) is 105 Å². The fourth-order valence-electron chi connectivity index (χ4n) is 10.8. The molecule has 1 aromatic heterocycles. The van der Waals surface area contributed by atoms with Crippen molar-refractivity contribution in [1.29, 1.82) is 0 Å². The molecule has 0 radical (unpaired) electrons. The first-order valence-electron chi connectivity index (χ1n) is 35.7. The van der Waals surface area contributed by atoms with Crippen LogP contribution in [0.5, 0.6) is 5.75 Å². The Balaban J connectivity index is 1.10. The normalized spacial score (nSPS) is 14.0. The van der Waals surface area contributed by atoms with Gasteiger partial charge in [-0.1, -0.05) is 99.4 Å². The number of aromatic hydroxyl groups is 1. The molecule has 3 aromatic rings. The van der Waals surface area contributed by atoms with E-state index in [1.807, 2.05) is 11.8 Å². The summed E-state index contributed by atoms with van der Waals surface area (Å²) >= 11 is 1.32. The van der Waals surface area contributed by atoms with Gasteiger partial charge in [0.2, 0.25) is 29.5 Å². The number of hydrogen-bond donors (Lipinski definition) is 10. The number of rotatable bonds is 50. The summed E-state index contributed by atoms with van der Waals surface area (Å²) in [6.45, 7) is 20.1. The van der Waals surface area contributed by atoms with Crippen LogP contribution in [0.15, 0.2) is 66.1 Å². The molecule has 30 nitrogen and oxygen atoms in total. The molecule has 0 spiro atoms. The number of phenolic OH excluding ortho intramolecular Hbond substituents is 1. The van der Waals surface area contributed by atoms with E-state index in [9.17, 15) is 57.8 Å². The van der Waals surface area contributed by atoms with E-state index in [1.165, 1.54) is 23.5 Å². The highest BCUT2D eigenvalue weighted by Crippen LogP contribution is 2.32. The topological polar surface area (TPSA) is 405 Å². The molecule has 2 aromatic carbocycles. The minimum absolute atomic E-state index is 0.0415. The van der Waals surface area contributed by atoms with Crippen molar-refractivity contribution in [3.63, 3.8) is 0 Å². The van der Waals surface area contributed by atoms with Crippen molar-refractivity contribution in [1.82, 2.24) is 52.2 Å². The van der Waals surface area contributed by atoms with Gasteiger partial charge in [0.15, 0.2) is 0 Å². The molecule has 1 aliphatic rings. The summed E-state index contributed by atoms with van der Waals surface area (Å²) in [6.07, 6.45) is 6.37. The average molecular weight is 1460 g/mol. The maximum atomic E-state index is 14.0. The first-order chi connectivity index (χ1) is 49.3. The molecule has 0 fully saturated rings. The Morgan fingerprint density at radius 2 is 1.32 bits per heavy atom. The van der Waals surface area contributed by atoms with E-state index in [1.54, 1.807) is 74.7 Å². The number of primary amides is 1. The number of ether oxygens (including phenoxy) is 6. The van der Waals surface area contributed by atoms with Crippen LogP contribution in [-0.4, -0.2) is 189 Å². The molecule has 0 saturated carbocycles. The molecular weight excluding hydrogens is 1350 g/mol. The van der Waals surface area contributed by atoms with Gasteiger partial charge in [-0.25, -0.2) is 24.8 Å². The van der Waals surface area contributed by atoms with E-state index < -0.39 is 72.0 Å². The number of alkyl carbamates (subject to hydrolysis) is 1. The summed E-state index contributed by atoms with van der Waals surface area (Å²) < 4.78 is 33.4. The Hall–Kier alpha value is -8.78. The SMILES string of the molecule is CCCO[C@H](C[C@H](C(C)C)N(CCC)C(=O)C[C@@H](C)CC)c1nc(C(=O)N[C@@H](Cc2ccc(O)cc2)C[C@H](C)C(=O)NNC(=O)OCCOCCOCCOCCNC(=O)OCc2ccc(NC(=O)[C@H](CCCNC(N)=O)NC(=O)[C@@H](NC(=O)CCCCCN3C(=O)C=CC3=O)C(C)C)cc2)cs1. The highest BCUT2D eigenvalue weighted by molar-refractivity contribution is 7.09. The number of thiazole rings is 1. The van der Waals surface area contributed by atoms with Crippen molar-refractivity contribution in [2.75, 3.05) is 84.4 Å². The zero-order chi connectivity index (χ0) is 75.6. The van der Waals surface area contributed by atoms with E-state index in [2.05, 4.69) is 77.4 Å². The van der Waals surface area contributed by atoms with Crippen molar-refractivity contribution < 1.29 is 86.3 Å². The van der Waals surface area contributed by atoms with Gasteiger partial charge in [-0.3, -0.25) is 48.7 Å². The van der Waals surface area contributed by atoms with E-state index in [0.29, 0.717) is 67.9 Å². The average Bonchev–Trinajstić information content (AvgIpc) is 1.80. The number of nitrogens with two attached hydrogens (primary N) is 1. The van der Waals surface area contributed by atoms with Crippen LogP contribution >= 0.6 is 11.3 Å². The van der Waals surface area contributed by atoms with E-state index in [-0.39, 0.29) is 157 Å². The standard InChI is InChI=1S/C72H110N12O18S/c1-10-31-83(63(89)41-49(8)12-3)58(47(4)5)44-59(100-33-11-2)69-79-57(46-103-69)67(92)77-54(43-51-21-25-55(85)26-22-51)42-50(9)65(90)81-82-72(96)101-40-39-99-38-37-98-36-35-97-34-30-75-71(95)102-45-52-19-23-53(24-20-52)76-66(91)56(17-16-29-74-70(73)94)78-68(93)64(48(6)7)80-60(86)18-14-13-15-32-84-61(87)27-28-62(84)88/h19-28,46-50,54,56,58-59,64,85H,10-18,29-45H2,1-9H3,(H,75,95)(H,76,91)(H,77,92)(H,78,93)(H,80,86)(H,81,90)(H,82,96)(H3,73,74,94)/t49-,50-,54+,56-,58+,59+,64-/m0/s1. The van der Waals surface area contributed by atoms with Crippen LogP contribution in [0.4, 0.5) is 20.1 Å². The first kappa shape index (κ1) is 86.6. The van der Waals surface area contributed by atoms with Gasteiger partial charge in [0.1, 0.15) is 47.9 Å². The zero-order valence-electron chi connectivity index (χ0n) is 61.1. The number of benzene rings is 2. The molecular formula is C72H110N12O18S. The van der Waals surface area contributed by atoms with Crippen molar-refractivity contribution in [3.8, 4) is 5.75 Å². The minimum atomic E-state index is -1.07. The van der Waals surface area contributed by atoms with Crippen molar-refractivity contribution in [3.05, 3.63) is 87.9 Å². The molecule has 31 heteroatoms. The molecule has 572 valence electrons. The highest BCUT2D eigenvalue weighted by Gasteiger charge is 2.33. The summed E-state index contributed by atoms with van der Waals surface area (Å²) in [5.41, 5.74) is 11.8. The van der Waals surface area contributed by atoms with Gasteiger partial charge in [-0.15, -0.1) is 11.3 Å². The number of urea groups is 1. The maximum absolute atomic E-state index is 14.0. The van der Waals surface area contributed by atoms with Crippen LogP contribution < -0.4 is 48.5 Å². The highest BCUT2D eigenvalue weighted by atomic mass is 32.1. The van der Waals surface area contributed by atoms with Gasteiger partial charge in [0.05, 0.1) is 39.6 Å².